The molecule has 3 rings (SSSR count). The third kappa shape index (κ3) is 5.33. The van der Waals surface area contributed by atoms with Crippen LogP contribution in [0, 0.1) is 10.1 Å². The van der Waals surface area contributed by atoms with Gasteiger partial charge in [0.1, 0.15) is 5.69 Å². The molecule has 0 aliphatic carbocycles. The zero-order valence-electron chi connectivity index (χ0n) is 19.2. The van der Waals surface area contributed by atoms with Gasteiger partial charge < -0.3 is 10.2 Å². The number of sulfonamides is 1. The minimum absolute atomic E-state index is 0.0804. The standard InChI is InChI=1S/C23H30N4O5S/c1-4-26(5-2)33(31,32)20-11-8-18(9-12-20)17(3)24-23(28)19-10-13-21(22(16-19)27(29)30)25-14-6-7-15-25/h8-13,16-17H,4-7,14-15H2,1-3H3,(H,24,28). The van der Waals surface area contributed by atoms with Crippen molar-refractivity contribution < 1.29 is 18.1 Å². The first-order valence-electron chi connectivity index (χ1n) is 11.1. The molecule has 178 valence electrons. The highest BCUT2D eigenvalue weighted by atomic mass is 32.2. The van der Waals surface area contributed by atoms with Crippen molar-refractivity contribution >= 4 is 27.3 Å². The fourth-order valence-corrected chi connectivity index (χ4v) is 5.50. The van der Waals surface area contributed by atoms with E-state index in [-0.39, 0.29) is 16.1 Å². The van der Waals surface area contributed by atoms with Crippen molar-refractivity contribution in [2.45, 2.75) is 44.6 Å². The summed E-state index contributed by atoms with van der Waals surface area (Å²) in [5, 5.41) is 14.4. The van der Waals surface area contributed by atoms with Crippen LogP contribution in [0.5, 0.6) is 0 Å². The number of nitro groups is 1. The Morgan fingerprint density at radius 2 is 1.73 bits per heavy atom. The van der Waals surface area contributed by atoms with E-state index in [2.05, 4.69) is 5.32 Å². The average molecular weight is 475 g/mol. The third-order valence-corrected chi connectivity index (χ3v) is 8.02. The Bertz CT molecular complexity index is 1110. The largest absolute Gasteiger partial charge is 0.366 e. The van der Waals surface area contributed by atoms with Gasteiger partial charge in [-0.2, -0.15) is 4.31 Å². The first-order valence-corrected chi connectivity index (χ1v) is 12.6. The van der Waals surface area contributed by atoms with Crippen molar-refractivity contribution in [1.82, 2.24) is 9.62 Å². The number of nitrogens with zero attached hydrogens (tertiary/aromatic N) is 3. The van der Waals surface area contributed by atoms with Crippen LogP contribution in [0.3, 0.4) is 0 Å². The van der Waals surface area contributed by atoms with E-state index in [1.54, 1.807) is 45.0 Å². The lowest BCUT2D eigenvalue weighted by molar-refractivity contribution is -0.384. The summed E-state index contributed by atoms with van der Waals surface area (Å²) >= 11 is 0. The molecular weight excluding hydrogens is 444 g/mol. The highest BCUT2D eigenvalue weighted by Crippen LogP contribution is 2.32. The molecule has 33 heavy (non-hydrogen) atoms. The van der Waals surface area contributed by atoms with Gasteiger partial charge in [0, 0.05) is 37.8 Å². The molecule has 1 heterocycles. The van der Waals surface area contributed by atoms with E-state index in [1.165, 1.54) is 22.5 Å². The van der Waals surface area contributed by atoms with Crippen LogP contribution < -0.4 is 10.2 Å². The molecule has 1 aliphatic rings. The molecule has 2 aromatic rings. The van der Waals surface area contributed by atoms with Crippen LogP contribution in [0.4, 0.5) is 11.4 Å². The normalized spacial score (nSPS) is 15.0. The number of carbonyl (C=O) groups excluding carboxylic acids is 1. The molecule has 1 fully saturated rings. The average Bonchev–Trinajstić information content (AvgIpc) is 3.34. The Hall–Kier alpha value is -2.98. The number of nitrogens with one attached hydrogen (secondary N) is 1. The molecule has 0 radical (unpaired) electrons. The second-order valence-electron chi connectivity index (χ2n) is 8.01. The quantitative estimate of drug-likeness (QED) is 0.438. The Balaban J connectivity index is 1.75. The van der Waals surface area contributed by atoms with Gasteiger partial charge in [0.25, 0.3) is 11.6 Å². The minimum Gasteiger partial charge on any atom is -0.366 e. The second-order valence-corrected chi connectivity index (χ2v) is 9.95. The molecule has 1 aliphatic heterocycles. The van der Waals surface area contributed by atoms with Gasteiger partial charge in [0.2, 0.25) is 10.0 Å². The zero-order chi connectivity index (χ0) is 24.2. The van der Waals surface area contributed by atoms with Gasteiger partial charge >= 0.3 is 0 Å². The minimum atomic E-state index is -3.56. The van der Waals surface area contributed by atoms with Gasteiger partial charge in [-0.15, -0.1) is 0 Å². The molecule has 0 saturated carbocycles. The number of rotatable bonds is 9. The zero-order valence-corrected chi connectivity index (χ0v) is 20.0. The summed E-state index contributed by atoms with van der Waals surface area (Å²) < 4.78 is 26.7. The molecule has 9 nitrogen and oxygen atoms in total. The smallest absolute Gasteiger partial charge is 0.293 e. The van der Waals surface area contributed by atoms with Crippen molar-refractivity contribution in [3.8, 4) is 0 Å². The molecule has 1 saturated heterocycles. The Morgan fingerprint density at radius 3 is 2.27 bits per heavy atom. The van der Waals surface area contributed by atoms with Crippen molar-refractivity contribution in [1.29, 1.82) is 0 Å². The molecule has 0 spiro atoms. The maximum absolute atomic E-state index is 12.8. The molecule has 1 amide bonds. The van der Waals surface area contributed by atoms with E-state index in [9.17, 15) is 23.3 Å². The number of anilines is 1. The van der Waals surface area contributed by atoms with Gasteiger partial charge in [-0.05, 0) is 49.6 Å². The van der Waals surface area contributed by atoms with E-state index in [4.69, 9.17) is 0 Å². The van der Waals surface area contributed by atoms with Crippen LogP contribution in [0.25, 0.3) is 0 Å². The van der Waals surface area contributed by atoms with Gasteiger partial charge in [0.15, 0.2) is 0 Å². The SMILES string of the molecule is CCN(CC)S(=O)(=O)c1ccc(C(C)NC(=O)c2ccc(N3CCCC3)c([N+](=O)[O-])c2)cc1. The molecule has 0 bridgehead atoms. The summed E-state index contributed by atoms with van der Waals surface area (Å²) in [5.41, 5.74) is 1.39. The Kier molecular flexibility index (Phi) is 7.70. The molecule has 1 unspecified atom stereocenters. The fourth-order valence-electron chi connectivity index (χ4n) is 4.04. The number of nitro benzene ring substituents is 1. The van der Waals surface area contributed by atoms with Crippen LogP contribution in [0.2, 0.25) is 0 Å². The van der Waals surface area contributed by atoms with Gasteiger partial charge in [-0.3, -0.25) is 14.9 Å². The van der Waals surface area contributed by atoms with Crippen LogP contribution >= 0.6 is 0 Å². The van der Waals surface area contributed by atoms with Crippen LogP contribution in [-0.2, 0) is 10.0 Å². The van der Waals surface area contributed by atoms with E-state index in [0.717, 1.165) is 31.5 Å². The summed E-state index contributed by atoms with van der Waals surface area (Å²) in [5.74, 6) is -0.432. The number of carbonyl (C=O) groups is 1. The predicted octanol–water partition coefficient (Wildman–Crippen LogP) is 3.72. The van der Waals surface area contributed by atoms with Crippen LogP contribution in [0.15, 0.2) is 47.4 Å². The summed E-state index contributed by atoms with van der Waals surface area (Å²) in [7, 11) is -3.56. The molecule has 1 N–H and O–H groups in total. The van der Waals surface area contributed by atoms with Gasteiger partial charge in [-0.25, -0.2) is 8.42 Å². The van der Waals surface area contributed by atoms with E-state index >= 15 is 0 Å². The van der Waals surface area contributed by atoms with Gasteiger partial charge in [0.05, 0.1) is 15.9 Å². The number of hydrogen-bond acceptors (Lipinski definition) is 6. The van der Waals surface area contributed by atoms with E-state index in [1.807, 2.05) is 4.90 Å². The molecule has 1 atom stereocenters. The monoisotopic (exact) mass is 474 g/mol. The Morgan fingerprint density at radius 1 is 1.12 bits per heavy atom. The molecule has 2 aromatic carbocycles. The molecule has 0 aromatic heterocycles. The highest BCUT2D eigenvalue weighted by Gasteiger charge is 2.25. The highest BCUT2D eigenvalue weighted by molar-refractivity contribution is 7.89. The first kappa shape index (κ1) is 24.7. The van der Waals surface area contributed by atoms with Gasteiger partial charge in [-0.1, -0.05) is 26.0 Å². The van der Waals surface area contributed by atoms with Crippen LogP contribution in [-0.4, -0.2) is 49.7 Å². The first-order chi connectivity index (χ1) is 15.7. The lowest BCUT2D eigenvalue weighted by atomic mass is 10.1. The summed E-state index contributed by atoms with van der Waals surface area (Å²) in [6.45, 7) is 7.65. The Labute approximate surface area is 194 Å². The molecular formula is C23H30N4O5S. The summed E-state index contributed by atoms with van der Waals surface area (Å²) in [6, 6.07) is 10.5. The summed E-state index contributed by atoms with van der Waals surface area (Å²) in [4.78, 5) is 26.1. The summed E-state index contributed by atoms with van der Waals surface area (Å²) in [6.07, 6.45) is 1.98. The molecule has 10 heteroatoms. The maximum atomic E-state index is 12.8. The van der Waals surface area contributed by atoms with E-state index < -0.39 is 26.9 Å². The lowest BCUT2D eigenvalue weighted by Gasteiger charge is -2.20. The third-order valence-electron chi connectivity index (χ3n) is 5.95. The number of hydrogen-bond donors (Lipinski definition) is 1. The number of benzene rings is 2. The van der Waals surface area contributed by atoms with Crippen molar-refractivity contribution in [2.24, 2.45) is 0 Å². The van der Waals surface area contributed by atoms with Crippen molar-refractivity contribution in [3.63, 3.8) is 0 Å². The fraction of sp³-hybridized carbons (Fsp3) is 0.435. The lowest BCUT2D eigenvalue weighted by Crippen LogP contribution is -2.30. The predicted molar refractivity (Wildman–Crippen MR) is 127 cm³/mol. The van der Waals surface area contributed by atoms with Crippen LogP contribution in [0.1, 0.15) is 55.6 Å². The second kappa shape index (κ2) is 10.3. The maximum Gasteiger partial charge on any atom is 0.293 e. The van der Waals surface area contributed by atoms with Crippen molar-refractivity contribution in [3.05, 3.63) is 63.7 Å². The van der Waals surface area contributed by atoms with Crippen molar-refractivity contribution in [2.75, 3.05) is 31.1 Å². The number of amides is 1. The van der Waals surface area contributed by atoms with E-state index in [0.29, 0.717) is 18.8 Å². The topological polar surface area (TPSA) is 113 Å².